The van der Waals surface area contributed by atoms with Crippen molar-refractivity contribution >= 4 is 22.5 Å². The number of fused-ring (bicyclic) bond motifs is 3. The molecule has 3 aromatic rings. The second kappa shape index (κ2) is 6.91. The highest BCUT2D eigenvalue weighted by Gasteiger charge is 2.11. The second-order valence-electron chi connectivity index (χ2n) is 5.91. The third-order valence-corrected chi connectivity index (χ3v) is 4.17. The van der Waals surface area contributed by atoms with Gasteiger partial charge in [-0.05, 0) is 49.6 Å². The molecule has 0 fully saturated rings. The van der Waals surface area contributed by atoms with E-state index in [9.17, 15) is 9.59 Å². The number of hydrogen-bond donors (Lipinski definition) is 1. The highest BCUT2D eigenvalue weighted by Crippen LogP contribution is 2.19. The van der Waals surface area contributed by atoms with Crippen LogP contribution in [0.25, 0.3) is 16.6 Å². The van der Waals surface area contributed by atoms with E-state index in [1.54, 1.807) is 13.0 Å². The molecule has 3 rings (SSSR count). The lowest BCUT2D eigenvalue weighted by Gasteiger charge is -2.09. The average molecular weight is 326 g/mol. The maximum absolute atomic E-state index is 12.3. The van der Waals surface area contributed by atoms with E-state index in [1.165, 1.54) is 5.56 Å². The van der Waals surface area contributed by atoms with Gasteiger partial charge in [-0.3, -0.25) is 9.59 Å². The van der Waals surface area contributed by atoms with Crippen LogP contribution >= 0.6 is 0 Å². The summed E-state index contributed by atoms with van der Waals surface area (Å²) in [5.41, 5.74) is 4.42. The number of nitrogens with one attached hydrogen (secondary N) is 1. The molecule has 0 spiro atoms. The van der Waals surface area contributed by atoms with Gasteiger partial charge in [-0.15, -0.1) is 0 Å². The smallest absolute Gasteiger partial charge is 0.306 e. The summed E-state index contributed by atoms with van der Waals surface area (Å²) in [6.45, 7) is 4.32. The van der Waals surface area contributed by atoms with Crippen molar-refractivity contribution in [2.75, 3.05) is 6.61 Å². The molecule has 1 N–H and O–H groups in total. The lowest BCUT2D eigenvalue weighted by molar-refractivity contribution is -0.143. The Morgan fingerprint density at radius 3 is 2.67 bits per heavy atom. The normalized spacial score (nSPS) is 11.2. The summed E-state index contributed by atoms with van der Waals surface area (Å²) in [4.78, 5) is 26.9. The first-order valence-electron chi connectivity index (χ1n) is 8.45. The summed E-state index contributed by atoms with van der Waals surface area (Å²) in [6.07, 6.45) is 2.90. The van der Waals surface area contributed by atoms with Crippen molar-refractivity contribution in [3.63, 3.8) is 0 Å². The van der Waals surface area contributed by atoms with E-state index in [1.807, 2.05) is 22.6 Å². The Morgan fingerprint density at radius 2 is 1.92 bits per heavy atom. The molecule has 0 aliphatic carbocycles. The zero-order valence-electron chi connectivity index (χ0n) is 14.1. The van der Waals surface area contributed by atoms with Gasteiger partial charge in [-0.2, -0.15) is 0 Å². The van der Waals surface area contributed by atoms with E-state index in [0.717, 1.165) is 29.6 Å². The van der Waals surface area contributed by atoms with Gasteiger partial charge >= 0.3 is 5.97 Å². The summed E-state index contributed by atoms with van der Waals surface area (Å²) in [5.74, 6) is -0.216. The Morgan fingerprint density at radius 1 is 1.12 bits per heavy atom. The average Bonchev–Trinajstić information content (AvgIpc) is 2.98. The van der Waals surface area contributed by atoms with Gasteiger partial charge in [0.1, 0.15) is 5.52 Å². The summed E-state index contributed by atoms with van der Waals surface area (Å²) >= 11 is 0. The maximum atomic E-state index is 12.3. The molecule has 2 aromatic heterocycles. The molecule has 0 radical (unpaired) electrons. The highest BCUT2D eigenvalue weighted by atomic mass is 16.5. The molecular formula is C19H22N2O3. The van der Waals surface area contributed by atoms with E-state index in [0.29, 0.717) is 25.0 Å². The number of benzene rings is 1. The van der Waals surface area contributed by atoms with Crippen LogP contribution in [0.15, 0.2) is 35.1 Å². The molecule has 24 heavy (non-hydrogen) atoms. The molecule has 0 aliphatic rings. The molecule has 5 nitrogen and oxygen atoms in total. The molecule has 0 saturated heterocycles. The fourth-order valence-corrected chi connectivity index (χ4v) is 3.11. The minimum Gasteiger partial charge on any atom is -0.466 e. The second-order valence-corrected chi connectivity index (χ2v) is 5.91. The number of ether oxygens (including phenoxy) is 1. The van der Waals surface area contributed by atoms with Gasteiger partial charge in [0, 0.05) is 5.69 Å². The van der Waals surface area contributed by atoms with E-state index >= 15 is 0 Å². The van der Waals surface area contributed by atoms with Gasteiger partial charge in [-0.1, -0.05) is 19.4 Å². The number of nitrogens with zero attached hydrogens (tertiary/aromatic N) is 1. The molecule has 1 aromatic carbocycles. The first-order chi connectivity index (χ1) is 11.6. The fourth-order valence-electron chi connectivity index (χ4n) is 3.11. The van der Waals surface area contributed by atoms with Crippen molar-refractivity contribution < 1.29 is 9.53 Å². The van der Waals surface area contributed by atoms with Gasteiger partial charge in [0.25, 0.3) is 5.56 Å². The van der Waals surface area contributed by atoms with Crippen LogP contribution in [-0.4, -0.2) is 22.0 Å². The molecule has 0 amide bonds. The quantitative estimate of drug-likeness (QED) is 0.707. The number of hydrogen-bond acceptors (Lipinski definition) is 3. The Balaban J connectivity index is 2.06. The highest BCUT2D eigenvalue weighted by molar-refractivity contribution is 5.79. The molecule has 0 aliphatic heterocycles. The lowest BCUT2D eigenvalue weighted by atomic mass is 10.1. The molecular weight excluding hydrogens is 304 g/mol. The monoisotopic (exact) mass is 326 g/mol. The zero-order chi connectivity index (χ0) is 17.1. The van der Waals surface area contributed by atoms with Crippen molar-refractivity contribution in [2.24, 2.45) is 0 Å². The third-order valence-electron chi connectivity index (χ3n) is 4.17. The van der Waals surface area contributed by atoms with E-state index in [4.69, 9.17) is 4.74 Å². The first-order valence-corrected chi connectivity index (χ1v) is 8.45. The van der Waals surface area contributed by atoms with Gasteiger partial charge in [0.15, 0.2) is 0 Å². The lowest BCUT2D eigenvalue weighted by Crippen LogP contribution is -2.12. The summed E-state index contributed by atoms with van der Waals surface area (Å²) < 4.78 is 6.94. The van der Waals surface area contributed by atoms with Crippen LogP contribution in [0.1, 0.15) is 37.9 Å². The Labute approximate surface area is 140 Å². The van der Waals surface area contributed by atoms with Crippen LogP contribution < -0.4 is 5.56 Å². The Hall–Kier alpha value is -2.56. The Kier molecular flexibility index (Phi) is 4.69. The molecule has 2 heterocycles. The summed E-state index contributed by atoms with van der Waals surface area (Å²) in [6, 6.07) is 9.88. The number of rotatable bonds is 6. The SMILES string of the molecule is CCCc1ccc2c(c1)[nH]c(=O)c1ccc(CCC(=O)OCC)n12. The van der Waals surface area contributed by atoms with Crippen molar-refractivity contribution in [2.45, 2.75) is 39.5 Å². The number of carbonyl (C=O) groups excluding carboxylic acids is 1. The van der Waals surface area contributed by atoms with Crippen LogP contribution in [0.4, 0.5) is 0 Å². The van der Waals surface area contributed by atoms with Crippen LogP contribution in [0.5, 0.6) is 0 Å². The molecule has 0 bridgehead atoms. The summed E-state index contributed by atoms with van der Waals surface area (Å²) in [5, 5.41) is 0. The molecule has 0 unspecified atom stereocenters. The van der Waals surface area contributed by atoms with Crippen molar-refractivity contribution in [1.82, 2.24) is 9.38 Å². The summed E-state index contributed by atoms with van der Waals surface area (Å²) in [7, 11) is 0. The third kappa shape index (κ3) is 3.07. The van der Waals surface area contributed by atoms with Crippen molar-refractivity contribution in [3.8, 4) is 0 Å². The predicted molar refractivity (Wildman–Crippen MR) is 94.5 cm³/mol. The van der Waals surface area contributed by atoms with Crippen LogP contribution in [0.2, 0.25) is 0 Å². The molecule has 0 atom stereocenters. The van der Waals surface area contributed by atoms with E-state index < -0.39 is 0 Å². The van der Waals surface area contributed by atoms with E-state index in [2.05, 4.69) is 18.0 Å². The minimum atomic E-state index is -0.216. The van der Waals surface area contributed by atoms with Crippen LogP contribution in [0, 0.1) is 0 Å². The predicted octanol–water partition coefficient (Wildman–Crippen LogP) is 3.23. The fraction of sp³-hybridized carbons (Fsp3) is 0.368. The van der Waals surface area contributed by atoms with Crippen LogP contribution in [-0.2, 0) is 22.4 Å². The maximum Gasteiger partial charge on any atom is 0.306 e. The Bertz CT molecular complexity index is 937. The number of esters is 1. The number of carbonyl (C=O) groups is 1. The van der Waals surface area contributed by atoms with Crippen LogP contribution in [0.3, 0.4) is 0 Å². The zero-order valence-corrected chi connectivity index (χ0v) is 14.1. The molecule has 5 heteroatoms. The minimum absolute atomic E-state index is 0.112. The van der Waals surface area contributed by atoms with Crippen molar-refractivity contribution in [3.05, 3.63) is 51.9 Å². The van der Waals surface area contributed by atoms with E-state index in [-0.39, 0.29) is 11.5 Å². The number of aryl methyl sites for hydroxylation is 2. The van der Waals surface area contributed by atoms with Gasteiger partial charge < -0.3 is 14.1 Å². The standard InChI is InChI=1S/C19H22N2O3/c1-3-5-13-6-9-16-15(12-13)20-19(23)17-10-7-14(21(16)17)8-11-18(22)24-4-2/h6-7,9-10,12H,3-5,8,11H2,1-2H3,(H,20,23). The molecule has 126 valence electrons. The number of aromatic amines is 1. The van der Waals surface area contributed by atoms with Gasteiger partial charge in [-0.25, -0.2) is 0 Å². The largest absolute Gasteiger partial charge is 0.466 e. The number of aromatic nitrogens is 2. The number of H-pyrrole nitrogens is 1. The van der Waals surface area contributed by atoms with Gasteiger partial charge in [0.05, 0.1) is 24.1 Å². The molecule has 0 saturated carbocycles. The van der Waals surface area contributed by atoms with Crippen molar-refractivity contribution in [1.29, 1.82) is 0 Å². The van der Waals surface area contributed by atoms with Gasteiger partial charge in [0.2, 0.25) is 0 Å². The first kappa shape index (κ1) is 16.3. The topological polar surface area (TPSA) is 63.6 Å².